The molecule has 3 nitrogen and oxygen atoms in total. The van der Waals surface area contributed by atoms with E-state index in [4.69, 9.17) is 0 Å². The molecular formula is C8H16N2O. The molecule has 0 aliphatic heterocycles. The average Bonchev–Trinajstić information content (AvgIpc) is 2.39. The first-order valence-electron chi connectivity index (χ1n) is 3.91. The van der Waals surface area contributed by atoms with Gasteiger partial charge in [0.25, 0.3) is 0 Å². The Morgan fingerprint density at radius 3 is 2.27 bits per heavy atom. The van der Waals surface area contributed by atoms with Crippen molar-refractivity contribution in [1.29, 1.82) is 0 Å². The maximum atomic E-state index is 11.1. The molecule has 0 saturated heterocycles. The number of hydrogen-bond acceptors (Lipinski definition) is 1. The van der Waals surface area contributed by atoms with Gasteiger partial charge in [0.1, 0.15) is 0 Å². The van der Waals surface area contributed by atoms with Crippen molar-refractivity contribution in [3.05, 3.63) is 0 Å². The Hall–Kier alpha value is -0.730. The van der Waals surface area contributed by atoms with Gasteiger partial charge in [0.2, 0.25) is 0 Å². The van der Waals surface area contributed by atoms with Crippen molar-refractivity contribution >= 4 is 6.03 Å². The summed E-state index contributed by atoms with van der Waals surface area (Å²) >= 11 is 0. The van der Waals surface area contributed by atoms with Crippen LogP contribution in [-0.4, -0.2) is 31.1 Å². The lowest BCUT2D eigenvalue weighted by atomic mass is 10.2. The van der Waals surface area contributed by atoms with Crippen molar-refractivity contribution < 1.29 is 4.79 Å². The minimum atomic E-state index is 0.0144. The maximum absolute atomic E-state index is 11.1. The number of carbonyl (C=O) groups excluding carboxylic acids is 1. The lowest BCUT2D eigenvalue weighted by Crippen LogP contribution is -2.37. The van der Waals surface area contributed by atoms with E-state index in [1.165, 1.54) is 0 Å². The summed E-state index contributed by atoms with van der Waals surface area (Å²) in [5, 5.41) is 2.93. The van der Waals surface area contributed by atoms with Crippen LogP contribution in [0.5, 0.6) is 0 Å². The predicted octanol–water partition coefficient (Wildman–Crippen LogP) is 1.06. The molecule has 0 radical (unpaired) electrons. The highest BCUT2D eigenvalue weighted by Gasteiger charge is 2.46. The molecule has 0 spiro atoms. The molecule has 1 atom stereocenters. The smallest absolute Gasteiger partial charge is 0.317 e. The molecule has 2 amide bonds. The number of hydrogen-bond donors (Lipinski definition) is 1. The molecule has 1 saturated carbocycles. The summed E-state index contributed by atoms with van der Waals surface area (Å²) in [6.45, 7) is 4.32. The minimum absolute atomic E-state index is 0.0144. The van der Waals surface area contributed by atoms with Gasteiger partial charge in [-0.1, -0.05) is 13.8 Å². The molecule has 0 aromatic rings. The molecule has 3 heteroatoms. The molecule has 1 rings (SSSR count). The Balaban J connectivity index is 2.29. The highest BCUT2D eigenvalue weighted by molar-refractivity contribution is 5.74. The van der Waals surface area contributed by atoms with Crippen molar-refractivity contribution in [2.24, 2.45) is 5.41 Å². The van der Waals surface area contributed by atoms with E-state index in [-0.39, 0.29) is 6.03 Å². The van der Waals surface area contributed by atoms with Crippen LogP contribution in [0.3, 0.4) is 0 Å². The molecule has 1 aliphatic rings. The third-order valence-corrected chi connectivity index (χ3v) is 2.22. The van der Waals surface area contributed by atoms with Gasteiger partial charge in [-0.15, -0.1) is 0 Å². The minimum Gasteiger partial charge on any atom is -0.335 e. The number of urea groups is 1. The molecule has 0 heterocycles. The van der Waals surface area contributed by atoms with Gasteiger partial charge in [0.15, 0.2) is 0 Å². The molecule has 1 unspecified atom stereocenters. The quantitative estimate of drug-likeness (QED) is 0.605. The number of amides is 2. The topological polar surface area (TPSA) is 32.3 Å². The summed E-state index contributed by atoms with van der Waals surface area (Å²) in [6.07, 6.45) is 1.10. The third kappa shape index (κ3) is 1.85. The van der Waals surface area contributed by atoms with Crippen LogP contribution in [0.15, 0.2) is 0 Å². The zero-order valence-electron chi connectivity index (χ0n) is 7.64. The average molecular weight is 156 g/mol. The summed E-state index contributed by atoms with van der Waals surface area (Å²) in [7, 11) is 3.51. The molecule has 0 aromatic heterocycles. The van der Waals surface area contributed by atoms with E-state index in [0.29, 0.717) is 11.5 Å². The molecule has 64 valence electrons. The Kier molecular flexibility index (Phi) is 1.82. The Labute approximate surface area is 67.8 Å². The van der Waals surface area contributed by atoms with E-state index in [1.807, 2.05) is 0 Å². The van der Waals surface area contributed by atoms with Gasteiger partial charge in [-0.3, -0.25) is 0 Å². The van der Waals surface area contributed by atoms with Gasteiger partial charge in [-0.05, 0) is 11.8 Å². The molecule has 1 N–H and O–H groups in total. The highest BCUT2D eigenvalue weighted by Crippen LogP contribution is 2.44. The fourth-order valence-electron chi connectivity index (χ4n) is 0.992. The predicted molar refractivity (Wildman–Crippen MR) is 44.4 cm³/mol. The monoisotopic (exact) mass is 156 g/mol. The Bertz CT molecular complexity index is 175. The fourth-order valence-corrected chi connectivity index (χ4v) is 0.992. The molecule has 0 bridgehead atoms. The van der Waals surface area contributed by atoms with E-state index in [0.717, 1.165) is 6.42 Å². The largest absolute Gasteiger partial charge is 0.335 e. The van der Waals surface area contributed by atoms with E-state index < -0.39 is 0 Å². The fraction of sp³-hybridized carbons (Fsp3) is 0.875. The van der Waals surface area contributed by atoms with Crippen molar-refractivity contribution in [3.63, 3.8) is 0 Å². The lowest BCUT2D eigenvalue weighted by Gasteiger charge is -2.12. The second kappa shape index (κ2) is 2.40. The second-order valence-corrected chi connectivity index (χ2v) is 4.09. The zero-order chi connectivity index (χ0) is 8.65. The number of carbonyl (C=O) groups is 1. The highest BCUT2D eigenvalue weighted by atomic mass is 16.2. The summed E-state index contributed by atoms with van der Waals surface area (Å²) in [4.78, 5) is 12.7. The van der Waals surface area contributed by atoms with Crippen molar-refractivity contribution in [1.82, 2.24) is 10.2 Å². The zero-order valence-corrected chi connectivity index (χ0v) is 7.64. The maximum Gasteiger partial charge on any atom is 0.317 e. The summed E-state index contributed by atoms with van der Waals surface area (Å²) in [5.41, 5.74) is 0.325. The first-order chi connectivity index (χ1) is 4.93. The first-order valence-corrected chi connectivity index (χ1v) is 3.91. The van der Waals surface area contributed by atoms with E-state index in [1.54, 1.807) is 19.0 Å². The van der Waals surface area contributed by atoms with Crippen LogP contribution in [0.2, 0.25) is 0 Å². The van der Waals surface area contributed by atoms with Gasteiger partial charge >= 0.3 is 6.03 Å². The van der Waals surface area contributed by atoms with Crippen molar-refractivity contribution in [3.8, 4) is 0 Å². The Morgan fingerprint density at radius 1 is 1.55 bits per heavy atom. The summed E-state index contributed by atoms with van der Waals surface area (Å²) in [5.74, 6) is 0. The normalized spacial score (nSPS) is 26.0. The molecule has 1 fully saturated rings. The SMILES string of the molecule is CN(C)C(=O)NC1CC1(C)C. The summed E-state index contributed by atoms with van der Waals surface area (Å²) < 4.78 is 0. The Morgan fingerprint density at radius 2 is 2.00 bits per heavy atom. The van der Waals surface area contributed by atoms with Gasteiger partial charge in [0.05, 0.1) is 0 Å². The van der Waals surface area contributed by atoms with Gasteiger partial charge in [0, 0.05) is 20.1 Å². The van der Waals surface area contributed by atoms with Crippen LogP contribution in [0.4, 0.5) is 4.79 Å². The lowest BCUT2D eigenvalue weighted by molar-refractivity contribution is 0.215. The van der Waals surface area contributed by atoms with Crippen LogP contribution in [0.25, 0.3) is 0 Å². The molecule has 11 heavy (non-hydrogen) atoms. The standard InChI is InChI=1S/C8H16N2O/c1-8(2)5-6(8)9-7(11)10(3)4/h6H,5H2,1-4H3,(H,9,11). The van der Waals surface area contributed by atoms with Crippen LogP contribution in [-0.2, 0) is 0 Å². The van der Waals surface area contributed by atoms with E-state index in [9.17, 15) is 4.79 Å². The van der Waals surface area contributed by atoms with Crippen LogP contribution < -0.4 is 5.32 Å². The first kappa shape index (κ1) is 8.37. The van der Waals surface area contributed by atoms with Crippen molar-refractivity contribution in [2.45, 2.75) is 26.3 Å². The molecule has 0 aromatic carbocycles. The van der Waals surface area contributed by atoms with Crippen LogP contribution in [0, 0.1) is 5.41 Å². The second-order valence-electron chi connectivity index (χ2n) is 4.09. The number of rotatable bonds is 1. The van der Waals surface area contributed by atoms with Gasteiger partial charge < -0.3 is 10.2 Å². The number of nitrogens with zero attached hydrogens (tertiary/aromatic N) is 1. The van der Waals surface area contributed by atoms with Crippen molar-refractivity contribution in [2.75, 3.05) is 14.1 Å². The van der Waals surface area contributed by atoms with Gasteiger partial charge in [-0.25, -0.2) is 4.79 Å². The molecule has 1 aliphatic carbocycles. The third-order valence-electron chi connectivity index (χ3n) is 2.22. The van der Waals surface area contributed by atoms with Crippen LogP contribution >= 0.6 is 0 Å². The van der Waals surface area contributed by atoms with E-state index in [2.05, 4.69) is 19.2 Å². The molecular weight excluding hydrogens is 140 g/mol. The number of nitrogens with one attached hydrogen (secondary N) is 1. The van der Waals surface area contributed by atoms with Gasteiger partial charge in [-0.2, -0.15) is 0 Å². The summed E-state index contributed by atoms with van der Waals surface area (Å²) in [6, 6.07) is 0.401. The van der Waals surface area contributed by atoms with E-state index >= 15 is 0 Å². The van der Waals surface area contributed by atoms with Crippen LogP contribution in [0.1, 0.15) is 20.3 Å².